The number of aryl methyl sites for hydroxylation is 1. The van der Waals surface area contributed by atoms with Crippen LogP contribution < -0.4 is 11.0 Å². The van der Waals surface area contributed by atoms with Gasteiger partial charge in [-0.2, -0.15) is 0 Å². The Hall–Kier alpha value is -2.04. The summed E-state index contributed by atoms with van der Waals surface area (Å²) in [6.07, 6.45) is 0. The van der Waals surface area contributed by atoms with E-state index in [0.717, 1.165) is 0 Å². The predicted octanol–water partition coefficient (Wildman–Crippen LogP) is 0.226. The van der Waals surface area contributed by atoms with Crippen LogP contribution in [0.4, 0.5) is 0 Å². The van der Waals surface area contributed by atoms with Crippen LogP contribution in [-0.4, -0.2) is 22.5 Å². The molecule has 0 spiro atoms. The molecule has 0 aliphatic rings. The van der Waals surface area contributed by atoms with Crippen LogP contribution in [0.2, 0.25) is 0 Å². The molecule has 0 saturated heterocycles. The third-order valence-corrected chi connectivity index (χ3v) is 2.39. The lowest BCUT2D eigenvalue weighted by atomic mass is 10.1. The lowest BCUT2D eigenvalue weighted by Gasteiger charge is -2.02. The number of nitrogens with zero attached hydrogens (tertiary/aromatic N) is 1. The van der Waals surface area contributed by atoms with Gasteiger partial charge < -0.3 is 10.3 Å². The minimum Gasteiger partial charge on any atom is -0.355 e. The summed E-state index contributed by atoms with van der Waals surface area (Å²) in [6, 6.07) is 5.19. The minimum atomic E-state index is -0.221. The molecule has 2 N–H and O–H groups in total. The van der Waals surface area contributed by atoms with Crippen molar-refractivity contribution in [3.05, 3.63) is 34.2 Å². The van der Waals surface area contributed by atoms with Crippen molar-refractivity contribution in [3.63, 3.8) is 0 Å². The molecule has 78 valence electrons. The average molecular weight is 205 g/mol. The number of hydrogen-bond donors (Lipinski definition) is 2. The fourth-order valence-corrected chi connectivity index (χ4v) is 1.62. The van der Waals surface area contributed by atoms with E-state index < -0.39 is 0 Å². The maximum absolute atomic E-state index is 11.5. The van der Waals surface area contributed by atoms with Crippen LogP contribution in [0.3, 0.4) is 0 Å². The SMILES string of the molecule is CNC(=O)c1cccc2[nH]c(=O)n(C)c12. The first-order chi connectivity index (χ1) is 7.15. The number of aromatic nitrogens is 2. The number of carbonyl (C=O) groups is 1. The molecular formula is C10H11N3O2. The number of H-pyrrole nitrogens is 1. The van der Waals surface area contributed by atoms with Crippen LogP contribution in [0.5, 0.6) is 0 Å². The molecule has 1 aromatic carbocycles. The lowest BCUT2D eigenvalue weighted by molar-refractivity contribution is 0.0964. The predicted molar refractivity (Wildman–Crippen MR) is 56.9 cm³/mol. The number of rotatable bonds is 1. The van der Waals surface area contributed by atoms with Crippen molar-refractivity contribution in [1.29, 1.82) is 0 Å². The highest BCUT2D eigenvalue weighted by molar-refractivity contribution is 6.04. The first kappa shape index (κ1) is 9.51. The van der Waals surface area contributed by atoms with Crippen molar-refractivity contribution in [2.75, 3.05) is 7.05 Å². The zero-order chi connectivity index (χ0) is 11.0. The van der Waals surface area contributed by atoms with Crippen molar-refractivity contribution in [2.24, 2.45) is 7.05 Å². The second-order valence-corrected chi connectivity index (χ2v) is 3.27. The van der Waals surface area contributed by atoms with Crippen molar-refractivity contribution in [2.45, 2.75) is 0 Å². The first-order valence-electron chi connectivity index (χ1n) is 4.55. The molecular weight excluding hydrogens is 194 g/mol. The average Bonchev–Trinajstić information content (AvgIpc) is 2.54. The second kappa shape index (κ2) is 3.27. The summed E-state index contributed by atoms with van der Waals surface area (Å²) in [4.78, 5) is 25.6. The third-order valence-electron chi connectivity index (χ3n) is 2.39. The highest BCUT2D eigenvalue weighted by Gasteiger charge is 2.12. The van der Waals surface area contributed by atoms with E-state index in [1.807, 2.05) is 0 Å². The van der Waals surface area contributed by atoms with Gasteiger partial charge in [0.15, 0.2) is 0 Å². The molecule has 0 aliphatic carbocycles. The van der Waals surface area contributed by atoms with Gasteiger partial charge in [0.2, 0.25) is 0 Å². The molecule has 0 fully saturated rings. The van der Waals surface area contributed by atoms with Crippen molar-refractivity contribution in [3.8, 4) is 0 Å². The Morgan fingerprint density at radius 3 is 2.87 bits per heavy atom. The van der Waals surface area contributed by atoms with Crippen LogP contribution >= 0.6 is 0 Å². The summed E-state index contributed by atoms with van der Waals surface area (Å²) in [7, 11) is 3.19. The molecule has 1 amide bonds. The highest BCUT2D eigenvalue weighted by Crippen LogP contribution is 2.14. The van der Waals surface area contributed by atoms with E-state index in [2.05, 4.69) is 10.3 Å². The number of aromatic amines is 1. The van der Waals surface area contributed by atoms with Gasteiger partial charge in [0.05, 0.1) is 16.6 Å². The Balaban J connectivity index is 2.86. The van der Waals surface area contributed by atoms with E-state index in [-0.39, 0.29) is 11.6 Å². The topological polar surface area (TPSA) is 66.9 Å². The van der Waals surface area contributed by atoms with E-state index in [9.17, 15) is 9.59 Å². The molecule has 0 atom stereocenters. The number of nitrogens with one attached hydrogen (secondary N) is 2. The highest BCUT2D eigenvalue weighted by atomic mass is 16.2. The third kappa shape index (κ3) is 1.32. The fraction of sp³-hybridized carbons (Fsp3) is 0.200. The van der Waals surface area contributed by atoms with Gasteiger partial charge in [-0.25, -0.2) is 4.79 Å². The maximum Gasteiger partial charge on any atom is 0.326 e. The summed E-state index contributed by atoms with van der Waals surface area (Å²) in [5, 5.41) is 2.54. The standard InChI is InChI=1S/C10H11N3O2/c1-11-9(14)6-4-3-5-7-8(6)13(2)10(15)12-7/h3-5H,1-2H3,(H,11,14)(H,12,15). The summed E-state index contributed by atoms with van der Waals surface area (Å²) >= 11 is 0. The van der Waals surface area contributed by atoms with Gasteiger partial charge in [0.1, 0.15) is 0 Å². The zero-order valence-corrected chi connectivity index (χ0v) is 8.50. The van der Waals surface area contributed by atoms with Crippen molar-refractivity contribution in [1.82, 2.24) is 14.9 Å². The van der Waals surface area contributed by atoms with E-state index >= 15 is 0 Å². The number of imidazole rings is 1. The molecule has 2 aromatic rings. The number of hydrogen-bond acceptors (Lipinski definition) is 2. The summed E-state index contributed by atoms with van der Waals surface area (Å²) in [6.45, 7) is 0. The monoisotopic (exact) mass is 205 g/mol. The van der Waals surface area contributed by atoms with E-state index in [4.69, 9.17) is 0 Å². The van der Waals surface area contributed by atoms with Gasteiger partial charge in [-0.3, -0.25) is 9.36 Å². The number of amides is 1. The molecule has 0 unspecified atom stereocenters. The van der Waals surface area contributed by atoms with Crippen LogP contribution in [-0.2, 0) is 7.05 Å². The zero-order valence-electron chi connectivity index (χ0n) is 8.50. The molecule has 0 saturated carbocycles. The van der Waals surface area contributed by atoms with Gasteiger partial charge in [-0.05, 0) is 12.1 Å². The number of carbonyl (C=O) groups excluding carboxylic acids is 1. The Labute approximate surface area is 85.7 Å². The Morgan fingerprint density at radius 2 is 2.20 bits per heavy atom. The van der Waals surface area contributed by atoms with Gasteiger partial charge in [0.25, 0.3) is 5.91 Å². The molecule has 0 aliphatic heterocycles. The lowest BCUT2D eigenvalue weighted by Crippen LogP contribution is -2.20. The quantitative estimate of drug-likeness (QED) is 0.699. The molecule has 0 bridgehead atoms. The van der Waals surface area contributed by atoms with Crippen LogP contribution in [0.1, 0.15) is 10.4 Å². The largest absolute Gasteiger partial charge is 0.355 e. The molecule has 1 aromatic heterocycles. The van der Waals surface area contributed by atoms with Gasteiger partial charge in [-0.15, -0.1) is 0 Å². The molecule has 5 nitrogen and oxygen atoms in total. The maximum atomic E-state index is 11.5. The Bertz CT molecular complexity index is 580. The summed E-state index contributed by atoms with van der Waals surface area (Å²) < 4.78 is 1.43. The van der Waals surface area contributed by atoms with Crippen LogP contribution in [0.25, 0.3) is 11.0 Å². The second-order valence-electron chi connectivity index (χ2n) is 3.27. The van der Waals surface area contributed by atoms with Gasteiger partial charge >= 0.3 is 5.69 Å². The smallest absolute Gasteiger partial charge is 0.326 e. The van der Waals surface area contributed by atoms with E-state index in [0.29, 0.717) is 16.6 Å². The van der Waals surface area contributed by atoms with Gasteiger partial charge in [0, 0.05) is 14.1 Å². The molecule has 1 heterocycles. The van der Waals surface area contributed by atoms with Crippen molar-refractivity contribution < 1.29 is 4.79 Å². The van der Waals surface area contributed by atoms with Crippen LogP contribution in [0, 0.1) is 0 Å². The summed E-state index contributed by atoms with van der Waals surface area (Å²) in [5.74, 6) is -0.199. The molecule has 0 radical (unpaired) electrons. The number of fused-ring (bicyclic) bond motifs is 1. The van der Waals surface area contributed by atoms with Gasteiger partial charge in [-0.1, -0.05) is 6.07 Å². The molecule has 15 heavy (non-hydrogen) atoms. The Morgan fingerprint density at radius 1 is 1.47 bits per heavy atom. The fourth-order valence-electron chi connectivity index (χ4n) is 1.62. The normalized spacial score (nSPS) is 10.5. The molecule has 2 rings (SSSR count). The summed E-state index contributed by atoms with van der Waals surface area (Å²) in [5.41, 5.74) is 1.57. The number of benzene rings is 1. The van der Waals surface area contributed by atoms with Crippen molar-refractivity contribution >= 4 is 16.9 Å². The first-order valence-corrected chi connectivity index (χ1v) is 4.55. The molecule has 5 heteroatoms. The minimum absolute atomic E-state index is 0.199. The Kier molecular flexibility index (Phi) is 2.07. The van der Waals surface area contributed by atoms with E-state index in [1.165, 1.54) is 4.57 Å². The van der Waals surface area contributed by atoms with Crippen LogP contribution in [0.15, 0.2) is 23.0 Å². The van der Waals surface area contributed by atoms with E-state index in [1.54, 1.807) is 32.3 Å². The number of para-hydroxylation sites is 1.